The van der Waals surface area contributed by atoms with E-state index in [1.54, 1.807) is 0 Å². The van der Waals surface area contributed by atoms with Crippen LogP contribution in [0.2, 0.25) is 0 Å². The molecular weight excluding hydrogens is 308 g/mol. The van der Waals surface area contributed by atoms with Crippen molar-refractivity contribution in [2.24, 2.45) is 5.92 Å². The molecule has 0 bridgehead atoms. The maximum atomic E-state index is 4.62. The van der Waals surface area contributed by atoms with E-state index >= 15 is 0 Å². The van der Waals surface area contributed by atoms with E-state index in [9.17, 15) is 0 Å². The van der Waals surface area contributed by atoms with Crippen molar-refractivity contribution < 1.29 is 20.4 Å². The summed E-state index contributed by atoms with van der Waals surface area (Å²) in [6.45, 7) is 5.67. The SMILES string of the molecule is CC(C)C1CCCCC[N-]1.[Re]. The molecule has 1 radical (unpaired) electrons. The second-order valence-electron chi connectivity index (χ2n) is 3.57. The molecule has 1 unspecified atom stereocenters. The molecule has 11 heavy (non-hydrogen) atoms. The van der Waals surface area contributed by atoms with E-state index in [0.717, 1.165) is 12.5 Å². The van der Waals surface area contributed by atoms with E-state index in [1.165, 1.54) is 25.7 Å². The van der Waals surface area contributed by atoms with Crippen LogP contribution >= 0.6 is 0 Å². The third-order valence-corrected chi connectivity index (χ3v) is 2.29. The monoisotopic (exact) mass is 327 g/mol. The van der Waals surface area contributed by atoms with Crippen LogP contribution in [0.4, 0.5) is 0 Å². The van der Waals surface area contributed by atoms with Crippen LogP contribution in [0.3, 0.4) is 0 Å². The smallest absolute Gasteiger partial charge is 0 e. The first-order chi connectivity index (χ1) is 4.80. The molecule has 0 aromatic heterocycles. The molecular formula is C9H18NRe-. The van der Waals surface area contributed by atoms with Crippen LogP contribution in [0, 0.1) is 5.92 Å². The quantitative estimate of drug-likeness (QED) is 0.703. The Hall–Kier alpha value is 0.622. The summed E-state index contributed by atoms with van der Waals surface area (Å²) in [6, 6.07) is 0.669. The molecule has 0 aromatic carbocycles. The van der Waals surface area contributed by atoms with Crippen molar-refractivity contribution in [3.05, 3.63) is 5.32 Å². The van der Waals surface area contributed by atoms with Gasteiger partial charge in [-0.1, -0.05) is 45.4 Å². The third-order valence-electron chi connectivity index (χ3n) is 2.29. The van der Waals surface area contributed by atoms with Crippen molar-refractivity contribution in [1.29, 1.82) is 0 Å². The largest absolute Gasteiger partial charge is 0.659 e. The van der Waals surface area contributed by atoms with Crippen LogP contribution in [-0.2, 0) is 20.4 Å². The maximum absolute atomic E-state index is 4.62. The summed E-state index contributed by atoms with van der Waals surface area (Å²) in [5.41, 5.74) is 0. The van der Waals surface area contributed by atoms with E-state index in [-0.39, 0.29) is 20.4 Å². The molecule has 0 spiro atoms. The zero-order valence-corrected chi connectivity index (χ0v) is 10.2. The molecule has 1 aliphatic heterocycles. The molecule has 0 saturated carbocycles. The first-order valence-electron chi connectivity index (χ1n) is 4.47. The average Bonchev–Trinajstić information content (AvgIpc) is 2.12. The van der Waals surface area contributed by atoms with Crippen molar-refractivity contribution in [2.75, 3.05) is 6.54 Å². The van der Waals surface area contributed by atoms with Crippen molar-refractivity contribution >= 4 is 0 Å². The molecule has 0 N–H and O–H groups in total. The Morgan fingerprint density at radius 2 is 1.91 bits per heavy atom. The molecule has 1 fully saturated rings. The fraction of sp³-hybridized carbons (Fsp3) is 1.00. The number of nitrogens with zero attached hydrogens (tertiary/aromatic N) is 1. The Kier molecular flexibility index (Phi) is 6.52. The van der Waals surface area contributed by atoms with Gasteiger partial charge in [-0.05, 0) is 0 Å². The normalized spacial score (nSPS) is 25.9. The first-order valence-corrected chi connectivity index (χ1v) is 4.47. The molecule has 0 amide bonds. The molecule has 0 aromatic rings. The van der Waals surface area contributed by atoms with E-state index in [1.807, 2.05) is 0 Å². The Bertz CT molecular complexity index is 85.6. The second-order valence-corrected chi connectivity index (χ2v) is 3.57. The van der Waals surface area contributed by atoms with Gasteiger partial charge >= 0.3 is 0 Å². The van der Waals surface area contributed by atoms with Crippen LogP contribution in [0.25, 0.3) is 5.32 Å². The second kappa shape index (κ2) is 6.17. The van der Waals surface area contributed by atoms with Gasteiger partial charge < -0.3 is 5.32 Å². The minimum atomic E-state index is 0. The van der Waals surface area contributed by atoms with Gasteiger partial charge in [0.1, 0.15) is 0 Å². The van der Waals surface area contributed by atoms with Gasteiger partial charge in [0.05, 0.1) is 0 Å². The molecule has 67 valence electrons. The van der Waals surface area contributed by atoms with Gasteiger partial charge in [0.25, 0.3) is 0 Å². The van der Waals surface area contributed by atoms with Crippen LogP contribution in [0.15, 0.2) is 0 Å². The van der Waals surface area contributed by atoms with Crippen molar-refractivity contribution in [2.45, 2.75) is 45.6 Å². The van der Waals surface area contributed by atoms with E-state index in [4.69, 9.17) is 0 Å². The van der Waals surface area contributed by atoms with Gasteiger partial charge in [0, 0.05) is 20.4 Å². The predicted octanol–water partition coefficient (Wildman–Crippen LogP) is 2.96. The number of rotatable bonds is 1. The van der Waals surface area contributed by atoms with Gasteiger partial charge in [0.2, 0.25) is 0 Å². The van der Waals surface area contributed by atoms with E-state index in [0.29, 0.717) is 6.04 Å². The Morgan fingerprint density at radius 3 is 2.55 bits per heavy atom. The van der Waals surface area contributed by atoms with Crippen LogP contribution in [-0.4, -0.2) is 12.6 Å². The van der Waals surface area contributed by atoms with Crippen LogP contribution in [0.1, 0.15) is 39.5 Å². The third kappa shape index (κ3) is 4.26. The van der Waals surface area contributed by atoms with Crippen molar-refractivity contribution in [1.82, 2.24) is 0 Å². The first kappa shape index (κ1) is 11.6. The van der Waals surface area contributed by atoms with Crippen molar-refractivity contribution in [3.63, 3.8) is 0 Å². The fourth-order valence-electron chi connectivity index (χ4n) is 1.53. The number of hydrogen-bond acceptors (Lipinski definition) is 0. The molecule has 0 aliphatic carbocycles. The zero-order chi connectivity index (χ0) is 7.40. The topological polar surface area (TPSA) is 14.1 Å². The minimum Gasteiger partial charge on any atom is -0.659 e. The molecule has 1 saturated heterocycles. The summed E-state index contributed by atoms with van der Waals surface area (Å²) in [6.07, 6.45) is 5.44. The molecule has 2 heteroatoms. The van der Waals surface area contributed by atoms with Gasteiger partial charge in [-0.3, -0.25) is 0 Å². The zero-order valence-electron chi connectivity index (χ0n) is 7.52. The van der Waals surface area contributed by atoms with Gasteiger partial charge in [0.15, 0.2) is 0 Å². The van der Waals surface area contributed by atoms with Crippen LogP contribution < -0.4 is 0 Å². The molecule has 1 aliphatic rings. The average molecular weight is 326 g/mol. The Morgan fingerprint density at radius 1 is 1.18 bits per heavy atom. The summed E-state index contributed by atoms with van der Waals surface area (Å²) in [5, 5.41) is 4.62. The molecule has 1 atom stereocenters. The summed E-state index contributed by atoms with van der Waals surface area (Å²) in [5.74, 6) is 0.762. The summed E-state index contributed by atoms with van der Waals surface area (Å²) in [4.78, 5) is 0. The minimum absolute atomic E-state index is 0. The van der Waals surface area contributed by atoms with Crippen LogP contribution in [0.5, 0.6) is 0 Å². The summed E-state index contributed by atoms with van der Waals surface area (Å²) in [7, 11) is 0. The molecule has 1 nitrogen and oxygen atoms in total. The fourth-order valence-corrected chi connectivity index (χ4v) is 1.53. The number of hydrogen-bond donors (Lipinski definition) is 0. The standard InChI is InChI=1S/C9H18N.Re/c1-8(2)9-6-4-3-5-7-10-9;/h8-9H,3-7H2,1-2H3;/q-1;. The van der Waals surface area contributed by atoms with E-state index in [2.05, 4.69) is 19.2 Å². The van der Waals surface area contributed by atoms with E-state index < -0.39 is 0 Å². The predicted molar refractivity (Wildman–Crippen MR) is 45.3 cm³/mol. The Labute approximate surface area is 84.0 Å². The summed E-state index contributed by atoms with van der Waals surface area (Å²) >= 11 is 0. The van der Waals surface area contributed by atoms with Crippen molar-refractivity contribution in [3.8, 4) is 0 Å². The van der Waals surface area contributed by atoms with Gasteiger partial charge in [-0.25, -0.2) is 0 Å². The molecule has 1 rings (SSSR count). The Balaban J connectivity index is 0.000001000. The van der Waals surface area contributed by atoms with Gasteiger partial charge in [-0.15, -0.1) is 12.6 Å². The maximum Gasteiger partial charge on any atom is 0 e. The van der Waals surface area contributed by atoms with Gasteiger partial charge in [-0.2, -0.15) is 0 Å². The summed E-state index contributed by atoms with van der Waals surface area (Å²) < 4.78 is 0. The molecule has 1 heterocycles.